The van der Waals surface area contributed by atoms with Crippen LogP contribution in [0, 0.1) is 6.92 Å². The third-order valence-electron chi connectivity index (χ3n) is 3.46. The molecule has 1 aliphatic heterocycles. The molecule has 2 atom stereocenters. The number of thiophene rings is 1. The summed E-state index contributed by atoms with van der Waals surface area (Å²) in [7, 11) is 0. The Morgan fingerprint density at radius 1 is 1.35 bits per heavy atom. The van der Waals surface area contributed by atoms with E-state index in [0.29, 0.717) is 21.6 Å². The summed E-state index contributed by atoms with van der Waals surface area (Å²) in [6.07, 6.45) is -0.271. The van der Waals surface area contributed by atoms with E-state index in [1.807, 2.05) is 0 Å². The van der Waals surface area contributed by atoms with Crippen LogP contribution < -0.4 is 4.90 Å². The van der Waals surface area contributed by atoms with Crippen LogP contribution in [0.25, 0.3) is 10.2 Å². The van der Waals surface area contributed by atoms with Gasteiger partial charge in [-0.25, -0.2) is 14.8 Å². The number of anilines is 1. The summed E-state index contributed by atoms with van der Waals surface area (Å²) in [5.74, 6) is -0.426. The zero-order valence-electron chi connectivity index (χ0n) is 10.6. The predicted octanol–water partition coefficient (Wildman–Crippen LogP) is 0.240. The fourth-order valence-electron chi connectivity index (χ4n) is 2.44. The van der Waals surface area contributed by atoms with E-state index in [2.05, 4.69) is 9.97 Å². The lowest BCUT2D eigenvalue weighted by Crippen LogP contribution is -2.22. The van der Waals surface area contributed by atoms with E-state index in [9.17, 15) is 20.1 Å². The zero-order valence-corrected chi connectivity index (χ0v) is 11.5. The van der Waals surface area contributed by atoms with Crippen LogP contribution in [0.5, 0.6) is 0 Å². The number of hydrogen-bond acceptors (Lipinski definition) is 7. The number of aromatic nitrogens is 2. The Kier molecular flexibility index (Phi) is 3.08. The largest absolute Gasteiger partial charge is 0.477 e. The lowest BCUT2D eigenvalue weighted by atomic mass is 10.2. The number of aryl methyl sites for hydroxylation is 1. The molecule has 0 aliphatic carbocycles. The smallest absolute Gasteiger partial charge is 0.346 e. The Labute approximate surface area is 118 Å². The van der Waals surface area contributed by atoms with Gasteiger partial charge in [0, 0.05) is 13.1 Å². The van der Waals surface area contributed by atoms with E-state index in [1.54, 1.807) is 11.8 Å². The highest BCUT2D eigenvalue weighted by Gasteiger charge is 2.32. The van der Waals surface area contributed by atoms with Crippen molar-refractivity contribution in [1.29, 1.82) is 0 Å². The van der Waals surface area contributed by atoms with Crippen LogP contribution in [0.3, 0.4) is 0 Å². The second-order valence-electron chi connectivity index (χ2n) is 4.78. The van der Waals surface area contributed by atoms with Gasteiger partial charge in [0.05, 0.1) is 17.6 Å². The third kappa shape index (κ3) is 1.92. The molecule has 106 valence electrons. The molecule has 3 rings (SSSR count). The van der Waals surface area contributed by atoms with Crippen molar-refractivity contribution in [2.45, 2.75) is 19.1 Å². The first-order chi connectivity index (χ1) is 9.49. The normalized spacial score (nSPS) is 22.6. The number of aromatic carboxylic acids is 1. The van der Waals surface area contributed by atoms with Crippen LogP contribution in [0.15, 0.2) is 6.33 Å². The van der Waals surface area contributed by atoms with E-state index < -0.39 is 18.2 Å². The molecule has 0 amide bonds. The quantitative estimate of drug-likeness (QED) is 0.728. The number of rotatable bonds is 2. The van der Waals surface area contributed by atoms with Crippen LogP contribution in [0.4, 0.5) is 5.82 Å². The van der Waals surface area contributed by atoms with Gasteiger partial charge in [-0.2, -0.15) is 0 Å². The van der Waals surface area contributed by atoms with Gasteiger partial charge in [-0.1, -0.05) is 0 Å². The zero-order chi connectivity index (χ0) is 14.4. The molecule has 0 aromatic carbocycles. The van der Waals surface area contributed by atoms with Gasteiger partial charge in [-0.3, -0.25) is 0 Å². The molecular formula is C12H13N3O4S. The van der Waals surface area contributed by atoms with Crippen LogP contribution in [-0.4, -0.2) is 56.6 Å². The fraction of sp³-hybridized carbons (Fsp3) is 0.417. The molecule has 0 spiro atoms. The number of nitrogens with zero attached hydrogens (tertiary/aromatic N) is 3. The minimum atomic E-state index is -0.988. The molecule has 2 unspecified atom stereocenters. The molecule has 0 saturated carbocycles. The van der Waals surface area contributed by atoms with E-state index in [1.165, 1.54) is 6.33 Å². The van der Waals surface area contributed by atoms with Crippen LogP contribution >= 0.6 is 11.3 Å². The lowest BCUT2D eigenvalue weighted by Gasteiger charge is -2.17. The van der Waals surface area contributed by atoms with Crippen molar-refractivity contribution in [3.8, 4) is 0 Å². The molecule has 0 bridgehead atoms. The number of β-amino-alcohol motifs (C(OH)–C–C–N with tert-alkyl or cyclic N) is 2. The Morgan fingerprint density at radius 3 is 2.60 bits per heavy atom. The van der Waals surface area contributed by atoms with E-state index in [4.69, 9.17) is 0 Å². The first-order valence-electron chi connectivity index (χ1n) is 6.07. The third-order valence-corrected chi connectivity index (χ3v) is 4.65. The summed E-state index contributed by atoms with van der Waals surface area (Å²) in [4.78, 5) is 22.1. The van der Waals surface area contributed by atoms with Gasteiger partial charge in [0.1, 0.15) is 21.9 Å². The molecular weight excluding hydrogens is 282 g/mol. The second kappa shape index (κ2) is 4.65. The molecule has 0 radical (unpaired) electrons. The Bertz CT molecular complexity index is 677. The monoisotopic (exact) mass is 295 g/mol. The molecule has 1 aliphatic rings. The summed E-state index contributed by atoms with van der Waals surface area (Å²) >= 11 is 1.10. The minimum Gasteiger partial charge on any atom is -0.477 e. The van der Waals surface area contributed by atoms with E-state index >= 15 is 0 Å². The van der Waals surface area contributed by atoms with Crippen molar-refractivity contribution in [2.75, 3.05) is 18.0 Å². The van der Waals surface area contributed by atoms with Gasteiger partial charge in [0.25, 0.3) is 0 Å². The van der Waals surface area contributed by atoms with Crippen molar-refractivity contribution in [3.63, 3.8) is 0 Å². The maximum Gasteiger partial charge on any atom is 0.346 e. The van der Waals surface area contributed by atoms with Gasteiger partial charge in [-0.15, -0.1) is 11.3 Å². The van der Waals surface area contributed by atoms with Crippen molar-refractivity contribution in [3.05, 3.63) is 16.8 Å². The molecule has 1 saturated heterocycles. The Balaban J connectivity index is 2.14. The maximum absolute atomic E-state index is 11.2. The molecule has 3 N–H and O–H groups in total. The van der Waals surface area contributed by atoms with E-state index in [0.717, 1.165) is 11.3 Å². The fourth-order valence-corrected chi connectivity index (χ4v) is 3.42. The van der Waals surface area contributed by atoms with Crippen LogP contribution in [0.2, 0.25) is 0 Å². The van der Waals surface area contributed by atoms with Gasteiger partial charge < -0.3 is 20.2 Å². The number of aliphatic hydroxyl groups is 2. The molecule has 2 aromatic rings. The number of carbonyl (C=O) groups is 1. The summed E-state index contributed by atoms with van der Waals surface area (Å²) in [6, 6.07) is 0. The molecule has 7 nitrogen and oxygen atoms in total. The highest BCUT2D eigenvalue weighted by molar-refractivity contribution is 7.20. The summed E-state index contributed by atoms with van der Waals surface area (Å²) in [5, 5.41) is 29.1. The SMILES string of the molecule is Cc1c(C(=O)O)sc2ncnc(N3CC(O)C(O)C3)c12. The first kappa shape index (κ1) is 13.2. The minimum absolute atomic E-state index is 0.238. The lowest BCUT2D eigenvalue weighted by molar-refractivity contribution is 0.0572. The van der Waals surface area contributed by atoms with Gasteiger partial charge >= 0.3 is 5.97 Å². The van der Waals surface area contributed by atoms with Crippen molar-refractivity contribution in [2.24, 2.45) is 0 Å². The highest BCUT2D eigenvalue weighted by atomic mass is 32.1. The predicted molar refractivity (Wildman–Crippen MR) is 73.3 cm³/mol. The highest BCUT2D eigenvalue weighted by Crippen LogP contribution is 2.35. The average molecular weight is 295 g/mol. The van der Waals surface area contributed by atoms with Crippen LogP contribution in [0.1, 0.15) is 15.2 Å². The van der Waals surface area contributed by atoms with Gasteiger partial charge in [-0.05, 0) is 12.5 Å². The van der Waals surface area contributed by atoms with Crippen molar-refractivity contribution >= 4 is 33.3 Å². The summed E-state index contributed by atoms with van der Waals surface area (Å²) in [6.45, 7) is 2.26. The number of carboxylic acids is 1. The van der Waals surface area contributed by atoms with Crippen molar-refractivity contribution in [1.82, 2.24) is 9.97 Å². The maximum atomic E-state index is 11.2. The second-order valence-corrected chi connectivity index (χ2v) is 5.78. The topological polar surface area (TPSA) is 107 Å². The molecule has 8 heteroatoms. The van der Waals surface area contributed by atoms with Gasteiger partial charge in [0.2, 0.25) is 0 Å². The number of aliphatic hydroxyl groups excluding tert-OH is 2. The Hall–Kier alpha value is -1.77. The first-order valence-corrected chi connectivity index (χ1v) is 6.89. The molecule has 2 aromatic heterocycles. The van der Waals surface area contributed by atoms with Crippen molar-refractivity contribution < 1.29 is 20.1 Å². The molecule has 1 fully saturated rings. The average Bonchev–Trinajstić information content (AvgIpc) is 2.91. The Morgan fingerprint density at radius 2 is 2.00 bits per heavy atom. The number of hydrogen-bond donors (Lipinski definition) is 3. The summed E-state index contributed by atoms with van der Waals surface area (Å²) in [5.41, 5.74) is 0.615. The van der Waals surface area contributed by atoms with Gasteiger partial charge in [0.15, 0.2) is 0 Å². The number of fused-ring (bicyclic) bond motifs is 1. The number of carboxylic acid groups (broad SMARTS) is 1. The molecule has 3 heterocycles. The van der Waals surface area contributed by atoms with Crippen LogP contribution in [-0.2, 0) is 0 Å². The standard InChI is InChI=1S/C12H13N3O4S/c1-5-8-10(15-2-6(16)7(17)3-15)13-4-14-11(8)20-9(5)12(18)19/h4,6-7,16-17H,2-3H2,1H3,(H,18,19). The van der Waals surface area contributed by atoms with E-state index in [-0.39, 0.29) is 18.0 Å². The summed E-state index contributed by atoms with van der Waals surface area (Å²) < 4.78 is 0. The molecule has 20 heavy (non-hydrogen) atoms.